The summed E-state index contributed by atoms with van der Waals surface area (Å²) in [5.74, 6) is 5.62. The fraction of sp³-hybridized carbons (Fsp3) is 0. The predicted molar refractivity (Wildman–Crippen MR) is 57.6 cm³/mol. The fourth-order valence-corrected chi connectivity index (χ4v) is 1.09. The van der Waals surface area contributed by atoms with Crippen molar-refractivity contribution in [3.63, 3.8) is 0 Å². The number of amides is 1. The van der Waals surface area contributed by atoms with Gasteiger partial charge in [-0.1, -0.05) is 18.2 Å². The van der Waals surface area contributed by atoms with Crippen LogP contribution < -0.4 is 21.9 Å². The lowest BCUT2D eigenvalue weighted by Gasteiger charge is -2.04. The van der Waals surface area contributed by atoms with Crippen LogP contribution in [0.25, 0.3) is 0 Å². The molecule has 88 valence electrons. The number of nitrogens with zero attached hydrogens (tertiary/aromatic N) is 3. The highest BCUT2D eigenvalue weighted by atomic mass is 16.7. The zero-order valence-electron chi connectivity index (χ0n) is 8.61. The standard InChI is InChI=1S/C9H9N5O3/c10-13-6-11-14(9(13)16)8(15)12-17-7-4-2-1-3-5-7/h1-6H,10H2,(H,12,15). The highest BCUT2D eigenvalue weighted by Crippen LogP contribution is 2.06. The van der Waals surface area contributed by atoms with Crippen LogP contribution in [0.5, 0.6) is 5.75 Å². The molecule has 0 radical (unpaired) electrons. The van der Waals surface area contributed by atoms with Gasteiger partial charge in [0.1, 0.15) is 6.33 Å². The molecule has 0 unspecified atom stereocenters. The summed E-state index contributed by atoms with van der Waals surface area (Å²) < 4.78 is 1.23. The zero-order chi connectivity index (χ0) is 12.3. The molecule has 1 aromatic carbocycles. The van der Waals surface area contributed by atoms with Gasteiger partial charge in [-0.15, -0.1) is 9.78 Å². The van der Waals surface area contributed by atoms with E-state index in [1.54, 1.807) is 30.3 Å². The largest absolute Gasteiger partial charge is 0.379 e. The van der Waals surface area contributed by atoms with E-state index in [0.717, 1.165) is 6.33 Å². The van der Waals surface area contributed by atoms with E-state index in [4.69, 9.17) is 10.7 Å². The number of benzene rings is 1. The molecule has 3 N–H and O–H groups in total. The maximum atomic E-state index is 11.4. The van der Waals surface area contributed by atoms with E-state index in [0.29, 0.717) is 15.1 Å². The van der Waals surface area contributed by atoms with Crippen LogP contribution in [0.1, 0.15) is 0 Å². The number of hydroxylamine groups is 1. The number of nitrogens with two attached hydrogens (primary N) is 1. The molecule has 8 heteroatoms. The second kappa shape index (κ2) is 4.39. The van der Waals surface area contributed by atoms with Gasteiger partial charge in [0.25, 0.3) is 0 Å². The Hall–Kier alpha value is -2.77. The van der Waals surface area contributed by atoms with Crippen molar-refractivity contribution in [3.8, 4) is 5.75 Å². The molecule has 0 saturated heterocycles. The van der Waals surface area contributed by atoms with Crippen molar-refractivity contribution in [2.45, 2.75) is 0 Å². The predicted octanol–water partition coefficient (Wildman–Crippen LogP) is -0.690. The van der Waals surface area contributed by atoms with Crippen molar-refractivity contribution in [1.29, 1.82) is 0 Å². The zero-order valence-corrected chi connectivity index (χ0v) is 8.61. The van der Waals surface area contributed by atoms with Gasteiger partial charge in [0.05, 0.1) is 0 Å². The van der Waals surface area contributed by atoms with Crippen LogP contribution in [0.2, 0.25) is 0 Å². The van der Waals surface area contributed by atoms with Gasteiger partial charge in [-0.2, -0.15) is 10.2 Å². The first kappa shape index (κ1) is 10.7. The van der Waals surface area contributed by atoms with Gasteiger partial charge >= 0.3 is 11.7 Å². The Morgan fingerprint density at radius 2 is 2.06 bits per heavy atom. The third-order valence-corrected chi connectivity index (χ3v) is 1.89. The molecule has 0 bridgehead atoms. The molecule has 0 aliphatic carbocycles. The Bertz CT molecular complexity index is 574. The minimum atomic E-state index is -0.831. The van der Waals surface area contributed by atoms with E-state index in [9.17, 15) is 9.59 Å². The van der Waals surface area contributed by atoms with E-state index in [-0.39, 0.29) is 0 Å². The normalized spacial score (nSPS) is 9.88. The minimum Gasteiger partial charge on any atom is -0.378 e. The lowest BCUT2D eigenvalue weighted by molar-refractivity contribution is 0.176. The molecule has 1 heterocycles. The van der Waals surface area contributed by atoms with Gasteiger partial charge in [-0.05, 0) is 12.1 Å². The number of nitrogens with one attached hydrogen (secondary N) is 1. The van der Waals surface area contributed by atoms with Gasteiger partial charge in [0.2, 0.25) is 0 Å². The van der Waals surface area contributed by atoms with Crippen LogP contribution >= 0.6 is 0 Å². The molecule has 0 spiro atoms. The van der Waals surface area contributed by atoms with Gasteiger partial charge < -0.3 is 10.7 Å². The molecular formula is C9H9N5O3. The van der Waals surface area contributed by atoms with Gasteiger partial charge in [-0.3, -0.25) is 0 Å². The number of para-hydroxylation sites is 1. The molecular weight excluding hydrogens is 226 g/mol. The van der Waals surface area contributed by atoms with Crippen LogP contribution in [0.4, 0.5) is 4.79 Å². The van der Waals surface area contributed by atoms with Crippen LogP contribution in [0, 0.1) is 0 Å². The summed E-state index contributed by atoms with van der Waals surface area (Å²) in [5, 5.41) is 3.48. The van der Waals surface area contributed by atoms with Crippen LogP contribution in [-0.4, -0.2) is 20.5 Å². The number of hydrogen-bond donors (Lipinski definition) is 2. The average Bonchev–Trinajstić information content (AvgIpc) is 2.69. The number of aromatic nitrogens is 3. The molecule has 0 atom stereocenters. The van der Waals surface area contributed by atoms with Crippen molar-refractivity contribution in [1.82, 2.24) is 19.9 Å². The minimum absolute atomic E-state index is 0.432. The molecule has 1 aromatic heterocycles. The third-order valence-electron chi connectivity index (χ3n) is 1.89. The molecule has 0 aliphatic heterocycles. The summed E-state index contributed by atoms with van der Waals surface area (Å²) in [5.41, 5.74) is 1.30. The molecule has 0 saturated carbocycles. The quantitative estimate of drug-likeness (QED) is 0.529. The van der Waals surface area contributed by atoms with Crippen molar-refractivity contribution < 1.29 is 9.63 Å². The molecule has 17 heavy (non-hydrogen) atoms. The van der Waals surface area contributed by atoms with Crippen LogP contribution in [0.3, 0.4) is 0 Å². The summed E-state index contributed by atoms with van der Waals surface area (Å²) in [6, 6.07) is 7.73. The van der Waals surface area contributed by atoms with Crippen LogP contribution in [-0.2, 0) is 0 Å². The molecule has 0 fully saturated rings. The summed E-state index contributed by atoms with van der Waals surface area (Å²) >= 11 is 0. The van der Waals surface area contributed by atoms with Gasteiger partial charge in [0.15, 0.2) is 5.75 Å². The van der Waals surface area contributed by atoms with Crippen molar-refractivity contribution >= 4 is 6.03 Å². The summed E-state index contributed by atoms with van der Waals surface area (Å²) in [7, 11) is 0. The van der Waals surface area contributed by atoms with E-state index >= 15 is 0 Å². The number of nitrogen functional groups attached to an aromatic ring is 1. The smallest absolute Gasteiger partial charge is 0.378 e. The monoisotopic (exact) mass is 235 g/mol. The second-order valence-electron chi connectivity index (χ2n) is 3.05. The van der Waals surface area contributed by atoms with Crippen molar-refractivity contribution in [2.75, 3.05) is 5.84 Å². The Balaban J connectivity index is 2.04. The SMILES string of the molecule is Nn1cnn(C(=O)NOc2ccccc2)c1=O. The van der Waals surface area contributed by atoms with Crippen LogP contribution in [0.15, 0.2) is 41.5 Å². The Morgan fingerprint density at radius 3 is 2.65 bits per heavy atom. The maximum absolute atomic E-state index is 11.4. The maximum Gasteiger partial charge on any atom is 0.379 e. The number of hydrogen-bond acceptors (Lipinski definition) is 5. The molecule has 2 rings (SSSR count). The molecule has 0 aliphatic rings. The first-order valence-electron chi connectivity index (χ1n) is 4.62. The highest BCUT2D eigenvalue weighted by Gasteiger charge is 2.11. The molecule has 8 nitrogen and oxygen atoms in total. The first-order chi connectivity index (χ1) is 8.18. The summed E-state index contributed by atoms with van der Waals surface area (Å²) in [4.78, 5) is 27.6. The Kier molecular flexibility index (Phi) is 2.77. The lowest BCUT2D eigenvalue weighted by atomic mass is 10.3. The fourth-order valence-electron chi connectivity index (χ4n) is 1.09. The van der Waals surface area contributed by atoms with E-state index in [1.165, 1.54) is 0 Å². The van der Waals surface area contributed by atoms with E-state index in [2.05, 4.69) is 10.6 Å². The number of carbonyl (C=O) groups is 1. The Morgan fingerprint density at radius 1 is 1.35 bits per heavy atom. The van der Waals surface area contributed by atoms with Crippen molar-refractivity contribution in [3.05, 3.63) is 47.1 Å². The van der Waals surface area contributed by atoms with E-state index in [1.807, 2.05) is 0 Å². The van der Waals surface area contributed by atoms with Crippen molar-refractivity contribution in [2.24, 2.45) is 0 Å². The molecule has 1 amide bonds. The number of rotatable bonds is 2. The molecule has 2 aromatic rings. The van der Waals surface area contributed by atoms with Gasteiger partial charge in [0, 0.05) is 0 Å². The number of carbonyl (C=O) groups excluding carboxylic acids is 1. The summed E-state index contributed by atoms with van der Waals surface area (Å²) in [6.45, 7) is 0. The average molecular weight is 235 g/mol. The van der Waals surface area contributed by atoms with Gasteiger partial charge in [-0.25, -0.2) is 9.59 Å². The first-order valence-corrected chi connectivity index (χ1v) is 4.62. The van der Waals surface area contributed by atoms with E-state index < -0.39 is 11.7 Å². The highest BCUT2D eigenvalue weighted by molar-refractivity contribution is 5.74. The Labute approximate surface area is 95.1 Å². The lowest BCUT2D eigenvalue weighted by Crippen LogP contribution is -2.40. The second-order valence-corrected chi connectivity index (χ2v) is 3.05. The third kappa shape index (κ3) is 2.25. The summed E-state index contributed by atoms with van der Waals surface area (Å²) in [6.07, 6.45) is 1.02. The topological polar surface area (TPSA) is 104 Å².